The molecule has 2 aromatic rings. The summed E-state index contributed by atoms with van der Waals surface area (Å²) >= 11 is 0. The number of benzene rings is 1. The zero-order valence-electron chi connectivity index (χ0n) is 11.5. The third kappa shape index (κ3) is 2.72. The summed E-state index contributed by atoms with van der Waals surface area (Å²) in [6.07, 6.45) is 3.16. The van der Waals surface area contributed by atoms with Crippen molar-refractivity contribution in [3.8, 4) is 0 Å². The third-order valence-corrected chi connectivity index (χ3v) is 3.85. The number of para-hydroxylation sites is 1. The zero-order chi connectivity index (χ0) is 14.8. The third-order valence-electron chi connectivity index (χ3n) is 3.85. The van der Waals surface area contributed by atoms with Gasteiger partial charge in [0.15, 0.2) is 0 Å². The Morgan fingerprint density at radius 3 is 2.90 bits per heavy atom. The minimum absolute atomic E-state index is 0.0730. The van der Waals surface area contributed by atoms with Gasteiger partial charge in [0.2, 0.25) is 5.91 Å². The van der Waals surface area contributed by atoms with Crippen molar-refractivity contribution in [2.75, 3.05) is 6.54 Å². The minimum Gasteiger partial charge on any atom is -0.480 e. The fourth-order valence-electron chi connectivity index (χ4n) is 2.78. The summed E-state index contributed by atoms with van der Waals surface area (Å²) in [5.41, 5.74) is 1.71. The maximum atomic E-state index is 11.8. The lowest BCUT2D eigenvalue weighted by atomic mass is 10.0. The predicted molar refractivity (Wildman–Crippen MR) is 77.8 cm³/mol. The van der Waals surface area contributed by atoms with Gasteiger partial charge in [0.05, 0.1) is 5.52 Å². The van der Waals surface area contributed by atoms with Crippen LogP contribution in [0.5, 0.6) is 0 Å². The molecule has 0 radical (unpaired) electrons. The van der Waals surface area contributed by atoms with E-state index in [9.17, 15) is 14.7 Å². The predicted octanol–water partition coefficient (Wildman–Crippen LogP) is 1.85. The molecule has 1 aromatic heterocycles. The van der Waals surface area contributed by atoms with Crippen LogP contribution in [0.2, 0.25) is 0 Å². The van der Waals surface area contributed by atoms with Gasteiger partial charge in [-0.15, -0.1) is 0 Å². The van der Waals surface area contributed by atoms with Crippen molar-refractivity contribution < 1.29 is 14.7 Å². The minimum atomic E-state index is -0.960. The second kappa shape index (κ2) is 5.52. The summed E-state index contributed by atoms with van der Waals surface area (Å²) in [5.74, 6) is -1.03. The molecule has 108 valence electrons. The second-order valence-corrected chi connectivity index (χ2v) is 5.29. The van der Waals surface area contributed by atoms with Crippen molar-refractivity contribution in [2.24, 2.45) is 0 Å². The van der Waals surface area contributed by atoms with Crippen LogP contribution >= 0.6 is 0 Å². The highest BCUT2D eigenvalue weighted by Gasteiger charge is 2.32. The molecule has 2 heterocycles. The number of amides is 1. The standard InChI is InChI=1S/C16H16N2O3/c19-15-6-3-7-18(15)14(16(20)21)9-11-8-12-4-1-2-5-13(12)17-10-11/h1-2,4-5,8,10,14H,3,6-7,9H2,(H,20,21)/t14-/m1/s1. The molecule has 0 spiro atoms. The summed E-state index contributed by atoms with van der Waals surface area (Å²) in [4.78, 5) is 29.1. The maximum absolute atomic E-state index is 11.8. The number of hydrogen-bond acceptors (Lipinski definition) is 3. The van der Waals surface area contributed by atoms with Crippen LogP contribution in [-0.2, 0) is 16.0 Å². The van der Waals surface area contributed by atoms with Gasteiger partial charge < -0.3 is 10.0 Å². The molecule has 1 aromatic carbocycles. The van der Waals surface area contributed by atoms with Crippen LogP contribution < -0.4 is 0 Å². The number of carbonyl (C=O) groups excluding carboxylic acids is 1. The summed E-state index contributed by atoms with van der Waals surface area (Å²) < 4.78 is 0. The molecule has 21 heavy (non-hydrogen) atoms. The van der Waals surface area contributed by atoms with Gasteiger partial charge in [-0.3, -0.25) is 9.78 Å². The van der Waals surface area contributed by atoms with E-state index in [2.05, 4.69) is 4.98 Å². The van der Waals surface area contributed by atoms with Gasteiger partial charge in [0, 0.05) is 31.0 Å². The van der Waals surface area contributed by atoms with E-state index in [-0.39, 0.29) is 5.91 Å². The van der Waals surface area contributed by atoms with Crippen molar-refractivity contribution in [3.05, 3.63) is 42.1 Å². The van der Waals surface area contributed by atoms with Crippen molar-refractivity contribution in [1.29, 1.82) is 0 Å². The molecule has 1 aliphatic heterocycles. The van der Waals surface area contributed by atoms with E-state index in [1.807, 2.05) is 30.3 Å². The van der Waals surface area contributed by atoms with Crippen LogP contribution in [0.15, 0.2) is 36.5 Å². The lowest BCUT2D eigenvalue weighted by molar-refractivity contribution is -0.148. The topological polar surface area (TPSA) is 70.5 Å². The van der Waals surface area contributed by atoms with E-state index in [0.29, 0.717) is 19.4 Å². The van der Waals surface area contributed by atoms with Crippen molar-refractivity contribution in [2.45, 2.75) is 25.3 Å². The Morgan fingerprint density at radius 2 is 2.19 bits per heavy atom. The number of hydrogen-bond donors (Lipinski definition) is 1. The number of pyridine rings is 1. The molecule has 0 saturated carbocycles. The van der Waals surface area contributed by atoms with E-state index in [0.717, 1.165) is 22.9 Å². The Balaban J connectivity index is 1.87. The molecule has 1 N–H and O–H groups in total. The Morgan fingerprint density at radius 1 is 1.38 bits per heavy atom. The molecular weight excluding hydrogens is 268 g/mol. The molecule has 3 rings (SSSR count). The van der Waals surface area contributed by atoms with Gasteiger partial charge in [0.1, 0.15) is 6.04 Å². The molecule has 5 heteroatoms. The van der Waals surface area contributed by atoms with Crippen molar-refractivity contribution in [3.63, 3.8) is 0 Å². The van der Waals surface area contributed by atoms with Crippen LogP contribution in [0.4, 0.5) is 0 Å². The van der Waals surface area contributed by atoms with Crippen LogP contribution in [0.25, 0.3) is 10.9 Å². The van der Waals surface area contributed by atoms with Gasteiger partial charge >= 0.3 is 5.97 Å². The van der Waals surface area contributed by atoms with Gasteiger partial charge in [-0.1, -0.05) is 18.2 Å². The normalized spacial score (nSPS) is 16.4. The van der Waals surface area contributed by atoms with Crippen LogP contribution in [-0.4, -0.2) is 39.5 Å². The zero-order valence-corrected chi connectivity index (χ0v) is 11.5. The first-order chi connectivity index (χ1) is 10.1. The molecule has 1 saturated heterocycles. The highest BCUT2D eigenvalue weighted by molar-refractivity contribution is 5.85. The molecule has 1 fully saturated rings. The Labute approximate surface area is 122 Å². The number of likely N-dealkylation sites (tertiary alicyclic amines) is 1. The average molecular weight is 284 g/mol. The number of carboxylic acids is 1. The fraction of sp³-hybridized carbons (Fsp3) is 0.312. The number of carbonyl (C=O) groups is 2. The number of fused-ring (bicyclic) bond motifs is 1. The largest absolute Gasteiger partial charge is 0.480 e. The number of nitrogens with zero attached hydrogens (tertiary/aromatic N) is 2. The first-order valence-electron chi connectivity index (χ1n) is 7.01. The van der Waals surface area contributed by atoms with E-state index in [4.69, 9.17) is 0 Å². The number of aliphatic carboxylic acids is 1. The summed E-state index contributed by atoms with van der Waals surface area (Å²) in [6, 6.07) is 8.84. The van der Waals surface area contributed by atoms with E-state index in [1.54, 1.807) is 6.20 Å². The maximum Gasteiger partial charge on any atom is 0.326 e. The number of carboxylic acid groups (broad SMARTS) is 1. The Kier molecular flexibility index (Phi) is 3.56. The average Bonchev–Trinajstić information content (AvgIpc) is 2.90. The highest BCUT2D eigenvalue weighted by Crippen LogP contribution is 2.19. The van der Waals surface area contributed by atoms with Gasteiger partial charge in [-0.2, -0.15) is 0 Å². The molecule has 1 atom stereocenters. The summed E-state index contributed by atoms with van der Waals surface area (Å²) in [6.45, 7) is 0.525. The van der Waals surface area contributed by atoms with Crippen LogP contribution in [0.1, 0.15) is 18.4 Å². The lowest BCUT2D eigenvalue weighted by Crippen LogP contribution is -2.43. The first-order valence-corrected chi connectivity index (χ1v) is 7.01. The van der Waals surface area contributed by atoms with Gasteiger partial charge in [-0.25, -0.2) is 4.79 Å². The van der Waals surface area contributed by atoms with E-state index in [1.165, 1.54) is 4.90 Å². The molecule has 1 aliphatic rings. The smallest absolute Gasteiger partial charge is 0.326 e. The van der Waals surface area contributed by atoms with Crippen LogP contribution in [0, 0.1) is 0 Å². The SMILES string of the molecule is O=C(O)[C@@H](Cc1cnc2ccccc2c1)N1CCCC1=O. The van der Waals surface area contributed by atoms with Crippen molar-refractivity contribution >= 4 is 22.8 Å². The number of aromatic nitrogens is 1. The highest BCUT2D eigenvalue weighted by atomic mass is 16.4. The summed E-state index contributed by atoms with van der Waals surface area (Å²) in [5, 5.41) is 10.4. The molecule has 0 aliphatic carbocycles. The van der Waals surface area contributed by atoms with Crippen LogP contribution in [0.3, 0.4) is 0 Å². The lowest BCUT2D eigenvalue weighted by Gasteiger charge is -2.24. The second-order valence-electron chi connectivity index (χ2n) is 5.29. The Bertz CT molecular complexity index is 699. The fourth-order valence-corrected chi connectivity index (χ4v) is 2.78. The van der Waals surface area contributed by atoms with E-state index < -0.39 is 12.0 Å². The molecular formula is C16H16N2O3. The first kappa shape index (κ1) is 13.5. The summed E-state index contributed by atoms with van der Waals surface area (Å²) in [7, 11) is 0. The van der Waals surface area contributed by atoms with E-state index >= 15 is 0 Å². The molecule has 0 bridgehead atoms. The van der Waals surface area contributed by atoms with Gasteiger partial charge in [-0.05, 0) is 24.1 Å². The molecule has 0 unspecified atom stereocenters. The molecule has 5 nitrogen and oxygen atoms in total. The van der Waals surface area contributed by atoms with Gasteiger partial charge in [0.25, 0.3) is 0 Å². The molecule has 1 amide bonds. The monoisotopic (exact) mass is 284 g/mol. The van der Waals surface area contributed by atoms with Crippen molar-refractivity contribution in [1.82, 2.24) is 9.88 Å². The number of rotatable bonds is 4. The Hall–Kier alpha value is -2.43. The quantitative estimate of drug-likeness (QED) is 0.930.